The zero-order valence-corrected chi connectivity index (χ0v) is 14.2. The van der Waals surface area contributed by atoms with Crippen LogP contribution in [0.4, 0.5) is 0 Å². The Hall–Kier alpha value is -0.120. The second-order valence-electron chi connectivity index (χ2n) is 7.10. The quantitative estimate of drug-likeness (QED) is 0.733. The molecule has 21 heavy (non-hydrogen) atoms. The van der Waals surface area contributed by atoms with Gasteiger partial charge in [0.2, 0.25) is 0 Å². The van der Waals surface area contributed by atoms with E-state index in [0.717, 1.165) is 18.5 Å². The fourth-order valence-corrected chi connectivity index (χ4v) is 4.35. The van der Waals surface area contributed by atoms with Crippen LogP contribution in [0.2, 0.25) is 0 Å². The van der Waals surface area contributed by atoms with Crippen LogP contribution in [0.1, 0.15) is 64.7 Å². The van der Waals surface area contributed by atoms with Gasteiger partial charge >= 0.3 is 0 Å². The van der Waals surface area contributed by atoms with Crippen LogP contribution >= 0.6 is 0 Å². The standard InChI is InChI=1S/C18H37N3/c1-2-17-9-4-5-10-18(17)21-14-8-13-20(15-16-21)12-7-3-6-11-19/h17-18H,2-16,19H2,1H3. The van der Waals surface area contributed by atoms with Crippen LogP contribution in [0.15, 0.2) is 0 Å². The molecule has 0 aromatic rings. The van der Waals surface area contributed by atoms with E-state index in [0.29, 0.717) is 0 Å². The number of nitrogens with two attached hydrogens (primary N) is 1. The Kier molecular flexibility index (Phi) is 8.05. The number of hydrogen-bond donors (Lipinski definition) is 1. The maximum Gasteiger partial charge on any atom is 0.0124 e. The molecule has 0 amide bonds. The predicted molar refractivity (Wildman–Crippen MR) is 91.6 cm³/mol. The van der Waals surface area contributed by atoms with Gasteiger partial charge in [0.05, 0.1) is 0 Å². The van der Waals surface area contributed by atoms with Crippen molar-refractivity contribution in [3.8, 4) is 0 Å². The third-order valence-electron chi connectivity index (χ3n) is 5.66. The van der Waals surface area contributed by atoms with Gasteiger partial charge in [-0.3, -0.25) is 4.90 Å². The first kappa shape index (κ1) is 17.2. The molecule has 0 aromatic carbocycles. The van der Waals surface area contributed by atoms with Crippen molar-refractivity contribution in [1.29, 1.82) is 0 Å². The lowest BCUT2D eigenvalue weighted by atomic mass is 9.82. The molecule has 1 aliphatic carbocycles. The zero-order chi connectivity index (χ0) is 14.9. The Morgan fingerprint density at radius 1 is 0.905 bits per heavy atom. The molecule has 2 aliphatic rings. The molecular weight excluding hydrogens is 258 g/mol. The second-order valence-corrected chi connectivity index (χ2v) is 7.10. The Labute approximate surface area is 132 Å². The van der Waals surface area contributed by atoms with Crippen LogP contribution in [0, 0.1) is 5.92 Å². The topological polar surface area (TPSA) is 32.5 Å². The summed E-state index contributed by atoms with van der Waals surface area (Å²) in [7, 11) is 0. The Bertz CT molecular complexity index is 269. The third-order valence-corrected chi connectivity index (χ3v) is 5.66. The van der Waals surface area contributed by atoms with Gasteiger partial charge in [-0.2, -0.15) is 0 Å². The zero-order valence-electron chi connectivity index (χ0n) is 14.2. The van der Waals surface area contributed by atoms with E-state index in [2.05, 4.69) is 16.7 Å². The molecule has 0 spiro atoms. The van der Waals surface area contributed by atoms with Gasteiger partial charge < -0.3 is 10.6 Å². The Morgan fingerprint density at radius 3 is 2.57 bits per heavy atom. The third kappa shape index (κ3) is 5.54. The maximum absolute atomic E-state index is 5.58. The van der Waals surface area contributed by atoms with Crippen molar-refractivity contribution >= 4 is 0 Å². The van der Waals surface area contributed by atoms with Crippen molar-refractivity contribution in [1.82, 2.24) is 9.80 Å². The summed E-state index contributed by atoms with van der Waals surface area (Å²) in [6.45, 7) is 9.77. The van der Waals surface area contributed by atoms with Gasteiger partial charge in [0.1, 0.15) is 0 Å². The van der Waals surface area contributed by atoms with Crippen LogP contribution in [0.25, 0.3) is 0 Å². The number of unbranched alkanes of at least 4 members (excludes halogenated alkanes) is 2. The number of nitrogens with zero attached hydrogens (tertiary/aromatic N) is 2. The van der Waals surface area contributed by atoms with E-state index in [1.807, 2.05) is 0 Å². The largest absolute Gasteiger partial charge is 0.330 e. The minimum Gasteiger partial charge on any atom is -0.330 e. The molecule has 0 aromatic heterocycles. The monoisotopic (exact) mass is 295 g/mol. The molecule has 1 saturated carbocycles. The first-order valence-electron chi connectivity index (χ1n) is 9.51. The Balaban J connectivity index is 1.74. The van der Waals surface area contributed by atoms with Crippen molar-refractivity contribution in [2.24, 2.45) is 11.7 Å². The van der Waals surface area contributed by atoms with Gasteiger partial charge in [0.15, 0.2) is 0 Å². The van der Waals surface area contributed by atoms with E-state index in [1.165, 1.54) is 90.5 Å². The van der Waals surface area contributed by atoms with E-state index >= 15 is 0 Å². The fourth-order valence-electron chi connectivity index (χ4n) is 4.35. The molecular formula is C18H37N3. The van der Waals surface area contributed by atoms with Crippen molar-refractivity contribution in [2.75, 3.05) is 39.3 Å². The molecule has 3 nitrogen and oxygen atoms in total. The molecule has 1 aliphatic heterocycles. The number of hydrogen-bond acceptors (Lipinski definition) is 3. The lowest BCUT2D eigenvalue weighted by molar-refractivity contribution is 0.104. The SMILES string of the molecule is CCC1CCCCC1N1CCCN(CCCCCN)CC1. The second kappa shape index (κ2) is 9.81. The summed E-state index contributed by atoms with van der Waals surface area (Å²) in [5, 5.41) is 0. The highest BCUT2D eigenvalue weighted by Gasteiger charge is 2.29. The van der Waals surface area contributed by atoms with Crippen LogP contribution in [-0.4, -0.2) is 55.1 Å². The van der Waals surface area contributed by atoms with Crippen LogP contribution in [-0.2, 0) is 0 Å². The first-order chi connectivity index (χ1) is 10.3. The van der Waals surface area contributed by atoms with Gasteiger partial charge in [-0.15, -0.1) is 0 Å². The molecule has 2 rings (SSSR count). The molecule has 2 fully saturated rings. The smallest absolute Gasteiger partial charge is 0.0124 e. The minimum atomic E-state index is 0.855. The highest BCUT2D eigenvalue weighted by molar-refractivity contribution is 4.84. The van der Waals surface area contributed by atoms with Crippen LogP contribution in [0.5, 0.6) is 0 Å². The summed E-state index contributed by atoms with van der Waals surface area (Å²) in [5.74, 6) is 0.967. The normalized spacial score (nSPS) is 29.4. The van der Waals surface area contributed by atoms with E-state index in [-0.39, 0.29) is 0 Å². The van der Waals surface area contributed by atoms with Gasteiger partial charge in [0.25, 0.3) is 0 Å². The minimum absolute atomic E-state index is 0.855. The molecule has 2 atom stereocenters. The first-order valence-corrected chi connectivity index (χ1v) is 9.51. The molecule has 0 radical (unpaired) electrons. The summed E-state index contributed by atoms with van der Waals surface area (Å²) in [5.41, 5.74) is 5.58. The summed E-state index contributed by atoms with van der Waals surface area (Å²) in [4.78, 5) is 5.54. The average molecular weight is 296 g/mol. The molecule has 124 valence electrons. The molecule has 0 bridgehead atoms. The fraction of sp³-hybridized carbons (Fsp3) is 1.00. The molecule has 1 heterocycles. The lowest BCUT2D eigenvalue weighted by Crippen LogP contribution is -2.44. The molecule has 3 heteroatoms. The maximum atomic E-state index is 5.58. The van der Waals surface area contributed by atoms with Crippen molar-refractivity contribution < 1.29 is 0 Å². The predicted octanol–water partition coefficient (Wildman–Crippen LogP) is 3.09. The van der Waals surface area contributed by atoms with Crippen molar-refractivity contribution in [3.05, 3.63) is 0 Å². The summed E-state index contributed by atoms with van der Waals surface area (Å²) < 4.78 is 0. The summed E-state index contributed by atoms with van der Waals surface area (Å²) >= 11 is 0. The van der Waals surface area contributed by atoms with Gasteiger partial charge in [0, 0.05) is 19.1 Å². The highest BCUT2D eigenvalue weighted by Crippen LogP contribution is 2.31. The van der Waals surface area contributed by atoms with Gasteiger partial charge in [-0.05, 0) is 64.2 Å². The molecule has 2 N–H and O–H groups in total. The number of rotatable bonds is 7. The lowest BCUT2D eigenvalue weighted by Gasteiger charge is -2.39. The average Bonchev–Trinajstić information content (AvgIpc) is 2.77. The Morgan fingerprint density at radius 2 is 1.76 bits per heavy atom. The van der Waals surface area contributed by atoms with Crippen molar-refractivity contribution in [3.63, 3.8) is 0 Å². The molecule has 2 unspecified atom stereocenters. The van der Waals surface area contributed by atoms with Gasteiger partial charge in [-0.1, -0.05) is 32.6 Å². The highest BCUT2D eigenvalue weighted by atomic mass is 15.2. The molecule has 1 saturated heterocycles. The van der Waals surface area contributed by atoms with E-state index in [4.69, 9.17) is 5.73 Å². The summed E-state index contributed by atoms with van der Waals surface area (Å²) in [6.07, 6.45) is 12.4. The van der Waals surface area contributed by atoms with Crippen molar-refractivity contribution in [2.45, 2.75) is 70.8 Å². The van der Waals surface area contributed by atoms with E-state index in [1.54, 1.807) is 0 Å². The van der Waals surface area contributed by atoms with Crippen LogP contribution < -0.4 is 5.73 Å². The summed E-state index contributed by atoms with van der Waals surface area (Å²) in [6, 6.07) is 0.890. The van der Waals surface area contributed by atoms with E-state index in [9.17, 15) is 0 Å². The van der Waals surface area contributed by atoms with Gasteiger partial charge in [-0.25, -0.2) is 0 Å². The van der Waals surface area contributed by atoms with Crippen LogP contribution in [0.3, 0.4) is 0 Å². The van der Waals surface area contributed by atoms with E-state index < -0.39 is 0 Å².